The van der Waals surface area contributed by atoms with Crippen LogP contribution in [0, 0.1) is 5.92 Å². The summed E-state index contributed by atoms with van der Waals surface area (Å²) in [6, 6.07) is 5.91. The molecule has 0 aromatic heterocycles. The van der Waals surface area contributed by atoms with Crippen molar-refractivity contribution in [2.45, 2.75) is 38.8 Å². The lowest BCUT2D eigenvalue weighted by atomic mass is 9.99. The second-order valence-corrected chi connectivity index (χ2v) is 9.96. The van der Waals surface area contributed by atoms with Crippen LogP contribution in [0.4, 0.5) is 0 Å². The summed E-state index contributed by atoms with van der Waals surface area (Å²) in [7, 11) is -1.69. The van der Waals surface area contributed by atoms with Gasteiger partial charge in [0.2, 0.25) is 15.9 Å². The molecule has 1 unspecified atom stereocenters. The van der Waals surface area contributed by atoms with Crippen molar-refractivity contribution in [1.82, 2.24) is 14.5 Å². The highest BCUT2D eigenvalue weighted by atomic mass is 35.5. The fraction of sp³-hybridized carbons (Fsp3) is 0.579. The molecule has 1 aliphatic rings. The van der Waals surface area contributed by atoms with E-state index in [-0.39, 0.29) is 23.8 Å². The van der Waals surface area contributed by atoms with Crippen molar-refractivity contribution in [2.24, 2.45) is 5.92 Å². The van der Waals surface area contributed by atoms with E-state index in [0.29, 0.717) is 36.5 Å². The Balaban J connectivity index is 2.04. The Labute approximate surface area is 172 Å². The molecule has 0 aliphatic carbocycles. The number of sulfonamides is 1. The van der Waals surface area contributed by atoms with Crippen LogP contribution >= 0.6 is 11.6 Å². The van der Waals surface area contributed by atoms with Crippen molar-refractivity contribution in [3.05, 3.63) is 34.9 Å². The summed E-state index contributed by atoms with van der Waals surface area (Å²) in [5, 5.41) is 3.14. The third-order valence-electron chi connectivity index (χ3n) is 5.15. The van der Waals surface area contributed by atoms with Gasteiger partial charge in [-0.2, -0.15) is 0 Å². The number of hydrogen-bond acceptors (Lipinski definition) is 4. The maximum Gasteiger partial charge on any atom is 0.253 e. The molecule has 156 valence electrons. The number of hydrogen-bond donors (Lipinski definition) is 1. The second kappa shape index (κ2) is 9.24. The van der Waals surface area contributed by atoms with Crippen LogP contribution in [0.15, 0.2) is 24.3 Å². The number of nitrogens with one attached hydrogen (secondary N) is 1. The standard InChI is InChI=1S/C19H28ClN3O4S/c1-13(2)17(21-18(24)15-7-5-6-8-16(15)20)19(25)23-11-9-14(10-12-23)22(3)28(4,26)27/h5-8,13-14,17H,9-12H2,1-4H3,(H,21,24). The zero-order valence-corrected chi connectivity index (χ0v) is 18.3. The van der Waals surface area contributed by atoms with Crippen LogP contribution in [0.5, 0.6) is 0 Å². The third-order valence-corrected chi connectivity index (χ3v) is 6.83. The van der Waals surface area contributed by atoms with Crippen molar-refractivity contribution in [3.63, 3.8) is 0 Å². The van der Waals surface area contributed by atoms with Gasteiger partial charge in [-0.05, 0) is 30.9 Å². The number of carbonyl (C=O) groups is 2. The largest absolute Gasteiger partial charge is 0.341 e. The first-order valence-electron chi connectivity index (χ1n) is 9.29. The maximum absolute atomic E-state index is 13.0. The fourth-order valence-corrected chi connectivity index (χ4v) is 4.27. The number of nitrogens with zero attached hydrogens (tertiary/aromatic N) is 2. The topological polar surface area (TPSA) is 86.8 Å². The Bertz CT molecular complexity index is 820. The molecule has 0 radical (unpaired) electrons. The van der Waals surface area contributed by atoms with E-state index in [4.69, 9.17) is 11.6 Å². The summed E-state index contributed by atoms with van der Waals surface area (Å²) in [5.74, 6) is -0.643. The van der Waals surface area contributed by atoms with Crippen LogP contribution in [0.3, 0.4) is 0 Å². The predicted molar refractivity (Wildman–Crippen MR) is 110 cm³/mol. The number of rotatable bonds is 6. The van der Waals surface area contributed by atoms with Gasteiger partial charge in [-0.3, -0.25) is 9.59 Å². The normalized spacial score (nSPS) is 17.0. The van der Waals surface area contributed by atoms with Crippen LogP contribution in [0.2, 0.25) is 5.02 Å². The molecule has 1 aliphatic heterocycles. The van der Waals surface area contributed by atoms with Crippen molar-refractivity contribution < 1.29 is 18.0 Å². The van der Waals surface area contributed by atoms with Gasteiger partial charge < -0.3 is 10.2 Å². The molecule has 1 N–H and O–H groups in total. The molecule has 0 bridgehead atoms. The minimum Gasteiger partial charge on any atom is -0.341 e. The van der Waals surface area contributed by atoms with Gasteiger partial charge in [0, 0.05) is 26.2 Å². The van der Waals surface area contributed by atoms with Crippen molar-refractivity contribution >= 4 is 33.4 Å². The highest BCUT2D eigenvalue weighted by molar-refractivity contribution is 7.88. The molecule has 1 heterocycles. The van der Waals surface area contributed by atoms with E-state index in [1.54, 1.807) is 36.2 Å². The van der Waals surface area contributed by atoms with Crippen molar-refractivity contribution in [2.75, 3.05) is 26.4 Å². The van der Waals surface area contributed by atoms with Gasteiger partial charge in [-0.1, -0.05) is 37.6 Å². The minimum atomic E-state index is -3.26. The maximum atomic E-state index is 13.0. The molecule has 0 spiro atoms. The van der Waals surface area contributed by atoms with Gasteiger partial charge in [0.15, 0.2) is 0 Å². The number of amides is 2. The van der Waals surface area contributed by atoms with Gasteiger partial charge in [0.05, 0.1) is 16.8 Å². The van der Waals surface area contributed by atoms with Gasteiger partial charge in [-0.25, -0.2) is 12.7 Å². The highest BCUT2D eigenvalue weighted by Crippen LogP contribution is 2.20. The molecule has 9 heteroatoms. The monoisotopic (exact) mass is 429 g/mol. The van der Waals surface area contributed by atoms with E-state index in [9.17, 15) is 18.0 Å². The average Bonchev–Trinajstić information content (AvgIpc) is 2.64. The zero-order chi connectivity index (χ0) is 21.1. The number of piperidine rings is 1. The molecule has 2 amide bonds. The molecule has 0 saturated carbocycles. The van der Waals surface area contributed by atoms with E-state index in [1.165, 1.54) is 10.6 Å². The van der Waals surface area contributed by atoms with Crippen molar-refractivity contribution in [1.29, 1.82) is 0 Å². The fourth-order valence-electron chi connectivity index (χ4n) is 3.30. The molecular weight excluding hydrogens is 402 g/mol. The number of carbonyl (C=O) groups excluding carboxylic acids is 2. The van der Waals surface area contributed by atoms with Crippen LogP contribution in [0.25, 0.3) is 0 Å². The molecule has 7 nitrogen and oxygen atoms in total. The Hall–Kier alpha value is -1.64. The Morgan fingerprint density at radius 2 is 1.79 bits per heavy atom. The van der Waals surface area contributed by atoms with E-state index in [2.05, 4.69) is 5.32 Å². The van der Waals surface area contributed by atoms with E-state index < -0.39 is 16.1 Å². The van der Waals surface area contributed by atoms with E-state index >= 15 is 0 Å². The molecule has 1 atom stereocenters. The molecule has 1 saturated heterocycles. The molecule has 1 fully saturated rings. The van der Waals surface area contributed by atoms with E-state index in [1.807, 2.05) is 13.8 Å². The molecule has 1 aromatic carbocycles. The SMILES string of the molecule is CC(C)C(NC(=O)c1ccccc1Cl)C(=O)N1CCC(N(C)S(C)(=O)=O)CC1. The Morgan fingerprint density at radius 3 is 2.29 bits per heavy atom. The summed E-state index contributed by atoms with van der Waals surface area (Å²) in [4.78, 5) is 27.3. The summed E-state index contributed by atoms with van der Waals surface area (Å²) >= 11 is 6.08. The average molecular weight is 430 g/mol. The first-order valence-corrected chi connectivity index (χ1v) is 11.5. The summed E-state index contributed by atoms with van der Waals surface area (Å²) in [6.07, 6.45) is 2.32. The number of likely N-dealkylation sites (tertiary alicyclic amines) is 1. The van der Waals surface area contributed by atoms with Crippen LogP contribution in [0.1, 0.15) is 37.0 Å². The smallest absolute Gasteiger partial charge is 0.253 e. The van der Waals surface area contributed by atoms with E-state index in [0.717, 1.165) is 0 Å². The quantitative estimate of drug-likeness (QED) is 0.749. The van der Waals surface area contributed by atoms with Crippen LogP contribution in [-0.2, 0) is 14.8 Å². The summed E-state index contributed by atoms with van der Waals surface area (Å²) < 4.78 is 24.8. The lowest BCUT2D eigenvalue weighted by Crippen LogP contribution is -2.54. The molecule has 2 rings (SSSR count). The number of halogens is 1. The lowest BCUT2D eigenvalue weighted by Gasteiger charge is -2.37. The minimum absolute atomic E-state index is 0.102. The first-order chi connectivity index (χ1) is 13.0. The number of benzene rings is 1. The van der Waals surface area contributed by atoms with Crippen LogP contribution in [-0.4, -0.2) is 67.9 Å². The van der Waals surface area contributed by atoms with Crippen LogP contribution < -0.4 is 5.32 Å². The molecule has 1 aromatic rings. The van der Waals surface area contributed by atoms with Gasteiger partial charge in [0.25, 0.3) is 5.91 Å². The third kappa shape index (κ3) is 5.46. The molecular formula is C19H28ClN3O4S. The summed E-state index contributed by atoms with van der Waals surface area (Å²) in [6.45, 7) is 4.66. The van der Waals surface area contributed by atoms with Crippen molar-refractivity contribution in [3.8, 4) is 0 Å². The van der Waals surface area contributed by atoms with Gasteiger partial charge in [0.1, 0.15) is 6.04 Å². The predicted octanol–water partition coefficient (Wildman–Crippen LogP) is 1.98. The lowest BCUT2D eigenvalue weighted by molar-refractivity contribution is -0.135. The Kier molecular flexibility index (Phi) is 7.47. The zero-order valence-electron chi connectivity index (χ0n) is 16.7. The van der Waals surface area contributed by atoms with Gasteiger partial charge >= 0.3 is 0 Å². The van der Waals surface area contributed by atoms with Gasteiger partial charge in [-0.15, -0.1) is 0 Å². The Morgan fingerprint density at radius 1 is 1.21 bits per heavy atom. The molecule has 28 heavy (non-hydrogen) atoms. The summed E-state index contributed by atoms with van der Waals surface area (Å²) in [5.41, 5.74) is 0.330. The highest BCUT2D eigenvalue weighted by Gasteiger charge is 2.33. The first kappa shape index (κ1) is 22.6. The second-order valence-electron chi connectivity index (χ2n) is 7.51.